The fourth-order valence-electron chi connectivity index (χ4n) is 1.97. The minimum atomic E-state index is -0.440. The second-order valence-electron chi connectivity index (χ2n) is 4.82. The lowest BCUT2D eigenvalue weighted by Crippen LogP contribution is -2.08. The number of hydrogen-bond acceptors (Lipinski definition) is 4. The summed E-state index contributed by atoms with van der Waals surface area (Å²) in [6.45, 7) is 5.98. The number of nitrogen functional groups attached to an aromatic ring is 1. The van der Waals surface area contributed by atoms with Crippen molar-refractivity contribution in [2.24, 2.45) is 0 Å². The topological polar surface area (TPSA) is 61.5 Å². The summed E-state index contributed by atoms with van der Waals surface area (Å²) in [5, 5.41) is 0. The van der Waals surface area contributed by atoms with E-state index in [9.17, 15) is 4.79 Å². The van der Waals surface area contributed by atoms with Gasteiger partial charge in [-0.1, -0.05) is 18.2 Å². The predicted octanol–water partition coefficient (Wildman–Crippen LogP) is 3.85. The maximum atomic E-state index is 12.0. The van der Waals surface area contributed by atoms with E-state index < -0.39 is 5.97 Å². The standard InChI is InChI=1S/C17H19NO3/c1-4-20-17(19)13-6-5-7-14(18)16(13)21-15-10-11(2)8-9-12(15)3/h5-10H,4,18H2,1-3H3. The van der Waals surface area contributed by atoms with Gasteiger partial charge >= 0.3 is 5.97 Å². The second-order valence-corrected chi connectivity index (χ2v) is 4.82. The van der Waals surface area contributed by atoms with Crippen molar-refractivity contribution in [3.05, 3.63) is 53.1 Å². The van der Waals surface area contributed by atoms with Crippen molar-refractivity contribution in [1.82, 2.24) is 0 Å². The van der Waals surface area contributed by atoms with Crippen LogP contribution in [0.4, 0.5) is 5.69 Å². The third-order valence-corrected chi connectivity index (χ3v) is 3.10. The fourth-order valence-corrected chi connectivity index (χ4v) is 1.97. The molecular formula is C17H19NO3. The van der Waals surface area contributed by atoms with Gasteiger partial charge < -0.3 is 15.2 Å². The molecule has 21 heavy (non-hydrogen) atoms. The summed E-state index contributed by atoms with van der Waals surface area (Å²) in [5.74, 6) is 0.577. The zero-order valence-electron chi connectivity index (χ0n) is 12.5. The highest BCUT2D eigenvalue weighted by molar-refractivity contribution is 5.94. The van der Waals surface area contributed by atoms with Gasteiger partial charge in [0.05, 0.1) is 12.3 Å². The van der Waals surface area contributed by atoms with E-state index >= 15 is 0 Å². The monoisotopic (exact) mass is 285 g/mol. The van der Waals surface area contributed by atoms with Crippen LogP contribution >= 0.6 is 0 Å². The maximum absolute atomic E-state index is 12.0. The van der Waals surface area contributed by atoms with Gasteiger partial charge in [0.1, 0.15) is 11.3 Å². The van der Waals surface area contributed by atoms with Crippen LogP contribution in [0.15, 0.2) is 36.4 Å². The number of para-hydroxylation sites is 1. The largest absolute Gasteiger partial charge is 0.462 e. The van der Waals surface area contributed by atoms with Crippen molar-refractivity contribution in [2.45, 2.75) is 20.8 Å². The maximum Gasteiger partial charge on any atom is 0.342 e. The van der Waals surface area contributed by atoms with Gasteiger partial charge in [-0.2, -0.15) is 0 Å². The molecule has 0 fully saturated rings. The lowest BCUT2D eigenvalue weighted by molar-refractivity contribution is 0.0523. The summed E-state index contributed by atoms with van der Waals surface area (Å²) in [5.41, 5.74) is 8.74. The van der Waals surface area contributed by atoms with E-state index in [0.29, 0.717) is 29.4 Å². The van der Waals surface area contributed by atoms with Gasteiger partial charge in [-0.05, 0) is 50.1 Å². The number of nitrogens with two attached hydrogens (primary N) is 1. The van der Waals surface area contributed by atoms with Crippen LogP contribution in [0.3, 0.4) is 0 Å². The van der Waals surface area contributed by atoms with Crippen LogP contribution in [-0.2, 0) is 4.74 Å². The van der Waals surface area contributed by atoms with Crippen molar-refractivity contribution in [3.63, 3.8) is 0 Å². The van der Waals surface area contributed by atoms with Gasteiger partial charge in [-0.3, -0.25) is 0 Å². The molecule has 0 amide bonds. The fraction of sp³-hybridized carbons (Fsp3) is 0.235. The Labute approximate surface area is 124 Å². The Kier molecular flexibility index (Phi) is 4.48. The molecule has 0 aliphatic carbocycles. The lowest BCUT2D eigenvalue weighted by atomic mass is 10.1. The van der Waals surface area contributed by atoms with Gasteiger partial charge in [0.15, 0.2) is 5.75 Å². The van der Waals surface area contributed by atoms with E-state index in [-0.39, 0.29) is 0 Å². The third kappa shape index (κ3) is 3.34. The minimum Gasteiger partial charge on any atom is -0.462 e. The molecule has 110 valence electrons. The first-order valence-corrected chi connectivity index (χ1v) is 6.83. The SMILES string of the molecule is CCOC(=O)c1cccc(N)c1Oc1cc(C)ccc1C. The molecule has 0 saturated heterocycles. The van der Waals surface area contributed by atoms with Crippen molar-refractivity contribution in [1.29, 1.82) is 0 Å². The summed E-state index contributed by atoms with van der Waals surface area (Å²) < 4.78 is 10.9. The second kappa shape index (κ2) is 6.31. The van der Waals surface area contributed by atoms with Gasteiger partial charge in [0.2, 0.25) is 0 Å². The molecule has 4 nitrogen and oxygen atoms in total. The molecular weight excluding hydrogens is 266 g/mol. The molecule has 0 aromatic heterocycles. The first-order valence-electron chi connectivity index (χ1n) is 6.83. The zero-order chi connectivity index (χ0) is 15.4. The summed E-state index contributed by atoms with van der Waals surface area (Å²) in [6, 6.07) is 10.9. The number of aryl methyl sites for hydroxylation is 2. The van der Waals surface area contributed by atoms with Crippen LogP contribution in [-0.4, -0.2) is 12.6 Å². The quantitative estimate of drug-likeness (QED) is 0.684. The zero-order valence-corrected chi connectivity index (χ0v) is 12.5. The summed E-state index contributed by atoms with van der Waals surface area (Å²) in [6.07, 6.45) is 0. The molecule has 0 atom stereocenters. The van der Waals surface area contributed by atoms with E-state index in [2.05, 4.69) is 0 Å². The Balaban J connectivity index is 2.43. The molecule has 0 aliphatic heterocycles. The van der Waals surface area contributed by atoms with Crippen LogP contribution in [0.5, 0.6) is 11.5 Å². The Bertz CT molecular complexity index is 665. The normalized spacial score (nSPS) is 10.2. The van der Waals surface area contributed by atoms with Gasteiger partial charge in [-0.25, -0.2) is 4.79 Å². The van der Waals surface area contributed by atoms with E-state index in [1.807, 2.05) is 32.0 Å². The molecule has 2 aromatic rings. The van der Waals surface area contributed by atoms with Crippen LogP contribution in [0.1, 0.15) is 28.4 Å². The molecule has 4 heteroatoms. The van der Waals surface area contributed by atoms with Crippen LogP contribution < -0.4 is 10.5 Å². The van der Waals surface area contributed by atoms with Crippen LogP contribution in [0, 0.1) is 13.8 Å². The number of hydrogen-bond donors (Lipinski definition) is 1. The molecule has 2 rings (SSSR count). The van der Waals surface area contributed by atoms with E-state index in [0.717, 1.165) is 11.1 Å². The molecule has 0 aliphatic rings. The number of esters is 1. The Hall–Kier alpha value is -2.49. The average Bonchev–Trinajstić information content (AvgIpc) is 2.45. The molecule has 0 bridgehead atoms. The Morgan fingerprint density at radius 3 is 2.67 bits per heavy atom. The average molecular weight is 285 g/mol. The summed E-state index contributed by atoms with van der Waals surface area (Å²) in [4.78, 5) is 12.0. The van der Waals surface area contributed by atoms with Gasteiger partial charge in [-0.15, -0.1) is 0 Å². The summed E-state index contributed by atoms with van der Waals surface area (Å²) in [7, 11) is 0. The molecule has 0 spiro atoms. The number of carbonyl (C=O) groups is 1. The van der Waals surface area contributed by atoms with Crippen molar-refractivity contribution in [3.8, 4) is 11.5 Å². The van der Waals surface area contributed by atoms with Crippen molar-refractivity contribution < 1.29 is 14.3 Å². The van der Waals surface area contributed by atoms with Crippen LogP contribution in [0.2, 0.25) is 0 Å². The van der Waals surface area contributed by atoms with Crippen LogP contribution in [0.25, 0.3) is 0 Å². The number of rotatable bonds is 4. The molecule has 0 saturated carbocycles. The third-order valence-electron chi connectivity index (χ3n) is 3.10. The van der Waals surface area contributed by atoms with Gasteiger partial charge in [0.25, 0.3) is 0 Å². The molecule has 0 heterocycles. The van der Waals surface area contributed by atoms with E-state index in [1.165, 1.54) is 0 Å². The Morgan fingerprint density at radius 1 is 1.19 bits per heavy atom. The minimum absolute atomic E-state index is 0.302. The first kappa shape index (κ1) is 14.9. The number of ether oxygens (including phenoxy) is 2. The van der Waals surface area contributed by atoms with E-state index in [4.69, 9.17) is 15.2 Å². The van der Waals surface area contributed by atoms with Gasteiger partial charge in [0, 0.05) is 0 Å². The first-order chi connectivity index (χ1) is 10.0. The van der Waals surface area contributed by atoms with Crippen molar-refractivity contribution >= 4 is 11.7 Å². The number of benzene rings is 2. The number of carbonyl (C=O) groups excluding carboxylic acids is 1. The molecule has 2 N–H and O–H groups in total. The highest BCUT2D eigenvalue weighted by atomic mass is 16.5. The number of anilines is 1. The molecule has 0 unspecified atom stereocenters. The molecule has 0 radical (unpaired) electrons. The smallest absolute Gasteiger partial charge is 0.342 e. The predicted molar refractivity (Wildman–Crippen MR) is 82.8 cm³/mol. The highest BCUT2D eigenvalue weighted by Crippen LogP contribution is 2.33. The molecule has 2 aromatic carbocycles. The van der Waals surface area contributed by atoms with E-state index in [1.54, 1.807) is 25.1 Å². The van der Waals surface area contributed by atoms with Crippen molar-refractivity contribution in [2.75, 3.05) is 12.3 Å². The summed E-state index contributed by atoms with van der Waals surface area (Å²) >= 11 is 0. The lowest BCUT2D eigenvalue weighted by Gasteiger charge is -2.14. The Morgan fingerprint density at radius 2 is 1.95 bits per heavy atom. The highest BCUT2D eigenvalue weighted by Gasteiger charge is 2.17.